The highest BCUT2D eigenvalue weighted by atomic mass is 16.5. The third-order valence-corrected chi connectivity index (χ3v) is 2.00. The number of nitrogens with one attached hydrogen (secondary N) is 1. The highest BCUT2D eigenvalue weighted by Crippen LogP contribution is 1.93. The van der Waals surface area contributed by atoms with Crippen LogP contribution in [0.4, 0.5) is 4.79 Å². The van der Waals surface area contributed by atoms with Gasteiger partial charge >= 0.3 is 12.0 Å². The van der Waals surface area contributed by atoms with E-state index in [1.165, 1.54) is 4.90 Å². The summed E-state index contributed by atoms with van der Waals surface area (Å²) in [7, 11) is 1.57. The van der Waals surface area contributed by atoms with Gasteiger partial charge in [-0.05, 0) is 6.42 Å². The van der Waals surface area contributed by atoms with Gasteiger partial charge in [0.1, 0.15) is 6.61 Å². The lowest BCUT2D eigenvalue weighted by atomic mass is 10.3. The summed E-state index contributed by atoms with van der Waals surface area (Å²) in [5, 5.41) is 11.0. The van der Waals surface area contributed by atoms with Gasteiger partial charge in [0.05, 0.1) is 6.61 Å². The lowest BCUT2D eigenvalue weighted by molar-refractivity contribution is -0.137. The molecule has 0 saturated carbocycles. The van der Waals surface area contributed by atoms with Crippen molar-refractivity contribution < 1.29 is 24.2 Å². The van der Waals surface area contributed by atoms with Crippen LogP contribution in [-0.4, -0.2) is 61.3 Å². The summed E-state index contributed by atoms with van der Waals surface area (Å²) in [6.07, 6.45) is 0.427. The van der Waals surface area contributed by atoms with Crippen LogP contribution in [0.15, 0.2) is 0 Å². The van der Waals surface area contributed by atoms with Gasteiger partial charge in [0, 0.05) is 26.6 Å². The number of carbonyl (C=O) groups is 3. The summed E-state index contributed by atoms with van der Waals surface area (Å²) in [5.74, 6) is -1.45. The van der Waals surface area contributed by atoms with Gasteiger partial charge in [-0.15, -0.1) is 0 Å². The number of ether oxygens (including phenoxy) is 1. The number of carbonyl (C=O) groups excluding carboxylic acids is 2. The molecule has 8 nitrogen and oxygen atoms in total. The van der Waals surface area contributed by atoms with Gasteiger partial charge in [0.2, 0.25) is 5.91 Å². The smallest absolute Gasteiger partial charge is 0.317 e. The third kappa shape index (κ3) is 9.40. The maximum absolute atomic E-state index is 11.4. The van der Waals surface area contributed by atoms with Crippen molar-refractivity contribution >= 4 is 17.9 Å². The number of hydrogen-bond donors (Lipinski definition) is 3. The first-order valence-corrected chi connectivity index (χ1v) is 5.50. The molecule has 18 heavy (non-hydrogen) atoms. The third-order valence-electron chi connectivity index (χ3n) is 2.00. The van der Waals surface area contributed by atoms with E-state index in [-0.39, 0.29) is 32.2 Å². The quantitative estimate of drug-likeness (QED) is 0.459. The molecule has 3 amide bonds. The minimum absolute atomic E-state index is 0.0271. The fourth-order valence-electron chi connectivity index (χ4n) is 1.11. The highest BCUT2D eigenvalue weighted by molar-refractivity contribution is 5.75. The van der Waals surface area contributed by atoms with Crippen molar-refractivity contribution in [1.82, 2.24) is 10.2 Å². The van der Waals surface area contributed by atoms with Crippen LogP contribution < -0.4 is 11.1 Å². The summed E-state index contributed by atoms with van der Waals surface area (Å²) in [5.41, 5.74) is 4.85. The van der Waals surface area contributed by atoms with Crippen molar-refractivity contribution in [3.8, 4) is 0 Å². The number of hydrogen-bond acceptors (Lipinski definition) is 4. The summed E-state index contributed by atoms with van der Waals surface area (Å²) in [6.45, 7) is 0.637. The number of aliphatic carboxylic acids is 1. The fourth-order valence-corrected chi connectivity index (χ4v) is 1.11. The van der Waals surface area contributed by atoms with Crippen LogP contribution in [0.1, 0.15) is 12.8 Å². The van der Waals surface area contributed by atoms with Gasteiger partial charge in [-0.2, -0.15) is 0 Å². The van der Waals surface area contributed by atoms with E-state index in [0.717, 1.165) is 0 Å². The van der Waals surface area contributed by atoms with Crippen molar-refractivity contribution in [3.63, 3.8) is 0 Å². The molecule has 0 radical (unpaired) electrons. The Morgan fingerprint density at radius 1 is 1.39 bits per heavy atom. The molecule has 8 heteroatoms. The molecule has 0 aliphatic heterocycles. The van der Waals surface area contributed by atoms with Crippen molar-refractivity contribution in [3.05, 3.63) is 0 Å². The maximum atomic E-state index is 11.4. The Hall–Kier alpha value is -1.83. The van der Waals surface area contributed by atoms with Crippen molar-refractivity contribution in [2.24, 2.45) is 5.73 Å². The van der Waals surface area contributed by atoms with E-state index in [4.69, 9.17) is 15.6 Å². The van der Waals surface area contributed by atoms with Crippen molar-refractivity contribution in [2.45, 2.75) is 12.8 Å². The molecule has 104 valence electrons. The Morgan fingerprint density at radius 3 is 2.61 bits per heavy atom. The van der Waals surface area contributed by atoms with Gasteiger partial charge in [-0.25, -0.2) is 4.79 Å². The zero-order valence-electron chi connectivity index (χ0n) is 10.3. The van der Waals surface area contributed by atoms with E-state index in [9.17, 15) is 14.4 Å². The average molecular weight is 261 g/mol. The van der Waals surface area contributed by atoms with E-state index < -0.39 is 11.9 Å². The van der Waals surface area contributed by atoms with Crippen LogP contribution in [0, 0.1) is 0 Å². The predicted molar refractivity (Wildman–Crippen MR) is 62.9 cm³/mol. The largest absolute Gasteiger partial charge is 0.481 e. The fraction of sp³-hybridized carbons (Fsp3) is 0.700. The number of rotatable bonds is 9. The van der Waals surface area contributed by atoms with Gasteiger partial charge in [0.25, 0.3) is 0 Å². The number of nitrogens with zero attached hydrogens (tertiary/aromatic N) is 1. The van der Waals surface area contributed by atoms with E-state index in [1.54, 1.807) is 7.05 Å². The van der Waals surface area contributed by atoms with Crippen LogP contribution in [0.25, 0.3) is 0 Å². The van der Waals surface area contributed by atoms with Crippen LogP contribution in [0.5, 0.6) is 0 Å². The summed E-state index contributed by atoms with van der Waals surface area (Å²) in [6, 6.07) is -0.317. The molecule has 0 unspecified atom stereocenters. The molecule has 0 aliphatic rings. The molecule has 0 atom stereocenters. The first-order chi connectivity index (χ1) is 8.43. The predicted octanol–water partition coefficient (Wildman–Crippen LogP) is -1.01. The van der Waals surface area contributed by atoms with Gasteiger partial charge < -0.3 is 25.8 Å². The molecule has 0 aromatic rings. The Morgan fingerprint density at radius 2 is 2.06 bits per heavy atom. The van der Waals surface area contributed by atoms with Crippen LogP contribution in [-0.2, 0) is 14.3 Å². The summed E-state index contributed by atoms with van der Waals surface area (Å²) < 4.78 is 4.85. The number of nitrogens with two attached hydrogens (primary N) is 1. The molecular formula is C10H19N3O5. The monoisotopic (exact) mass is 261 g/mol. The first kappa shape index (κ1) is 16.2. The molecule has 0 aliphatic carbocycles. The van der Waals surface area contributed by atoms with E-state index in [0.29, 0.717) is 13.0 Å². The van der Waals surface area contributed by atoms with Gasteiger partial charge in [0.15, 0.2) is 0 Å². The molecule has 0 aromatic carbocycles. The topological polar surface area (TPSA) is 122 Å². The Labute approximate surface area is 105 Å². The molecule has 0 bridgehead atoms. The SMILES string of the molecule is CN(CCCC(=O)O)C(=O)NCCOCC(N)=O. The van der Waals surface area contributed by atoms with E-state index in [1.807, 2.05) is 0 Å². The summed E-state index contributed by atoms with van der Waals surface area (Å²) in [4.78, 5) is 33.4. The van der Waals surface area contributed by atoms with Gasteiger partial charge in [-0.1, -0.05) is 0 Å². The molecule has 0 saturated heterocycles. The first-order valence-electron chi connectivity index (χ1n) is 5.50. The van der Waals surface area contributed by atoms with Crippen molar-refractivity contribution in [1.29, 1.82) is 0 Å². The van der Waals surface area contributed by atoms with E-state index >= 15 is 0 Å². The molecule has 0 aromatic heterocycles. The molecule has 0 spiro atoms. The summed E-state index contributed by atoms with van der Waals surface area (Å²) >= 11 is 0. The second kappa shape index (κ2) is 9.23. The van der Waals surface area contributed by atoms with E-state index in [2.05, 4.69) is 5.32 Å². The lowest BCUT2D eigenvalue weighted by Gasteiger charge is -2.17. The normalized spacial score (nSPS) is 9.83. The minimum Gasteiger partial charge on any atom is -0.481 e. The number of urea groups is 1. The second-order valence-corrected chi connectivity index (χ2v) is 3.67. The Kier molecular flexibility index (Phi) is 8.29. The average Bonchev–Trinajstić information content (AvgIpc) is 2.27. The number of carboxylic acid groups (broad SMARTS) is 1. The molecular weight excluding hydrogens is 242 g/mol. The lowest BCUT2D eigenvalue weighted by Crippen LogP contribution is -2.39. The van der Waals surface area contributed by atoms with Crippen LogP contribution in [0.3, 0.4) is 0 Å². The zero-order chi connectivity index (χ0) is 14.0. The standard InChI is InChI=1S/C10H19N3O5/c1-13(5-2-3-9(15)16)10(17)12-4-6-18-7-8(11)14/h2-7H2,1H3,(H2,11,14)(H,12,17)(H,15,16). The highest BCUT2D eigenvalue weighted by Gasteiger charge is 2.08. The Bertz CT molecular complexity index is 295. The van der Waals surface area contributed by atoms with Crippen LogP contribution >= 0.6 is 0 Å². The van der Waals surface area contributed by atoms with Crippen LogP contribution in [0.2, 0.25) is 0 Å². The zero-order valence-corrected chi connectivity index (χ0v) is 10.3. The minimum atomic E-state index is -0.886. The Balaban J connectivity index is 3.55. The number of amides is 3. The molecule has 0 heterocycles. The maximum Gasteiger partial charge on any atom is 0.317 e. The molecule has 0 fully saturated rings. The van der Waals surface area contributed by atoms with Gasteiger partial charge in [-0.3, -0.25) is 9.59 Å². The second-order valence-electron chi connectivity index (χ2n) is 3.67. The molecule has 4 N–H and O–H groups in total. The number of carboxylic acids is 1. The number of primary amides is 1. The van der Waals surface area contributed by atoms with Crippen molar-refractivity contribution in [2.75, 3.05) is 33.4 Å². The molecule has 0 rings (SSSR count).